The largest absolute Gasteiger partial charge is 0.496 e. The van der Waals surface area contributed by atoms with Gasteiger partial charge in [-0.25, -0.2) is 4.39 Å². The van der Waals surface area contributed by atoms with Crippen molar-refractivity contribution < 1.29 is 33.2 Å². The van der Waals surface area contributed by atoms with E-state index in [0.29, 0.717) is 47.1 Å². The van der Waals surface area contributed by atoms with Crippen molar-refractivity contribution in [3.8, 4) is 23.0 Å². The van der Waals surface area contributed by atoms with Gasteiger partial charge in [0, 0.05) is 5.56 Å². The number of piperidine rings is 1. The number of carboxylic acid groups (broad SMARTS) is 1. The minimum atomic E-state index is -0.910. The predicted molar refractivity (Wildman–Crippen MR) is 113 cm³/mol. The molecule has 1 aliphatic rings. The number of hydrogen-bond acceptors (Lipinski definition) is 6. The molecule has 3 rings (SSSR count). The maximum Gasteiger partial charge on any atom is 0.320 e. The van der Waals surface area contributed by atoms with E-state index in [1.807, 2.05) is 4.90 Å². The van der Waals surface area contributed by atoms with Crippen LogP contribution in [0.4, 0.5) is 4.39 Å². The summed E-state index contributed by atoms with van der Waals surface area (Å²) in [4.78, 5) is 14.0. The summed E-state index contributed by atoms with van der Waals surface area (Å²) in [7, 11) is 6.05. The van der Waals surface area contributed by atoms with Gasteiger partial charge in [0.1, 0.15) is 17.6 Å². The van der Waals surface area contributed by atoms with Gasteiger partial charge in [0.05, 0.1) is 34.5 Å². The average Bonchev–Trinajstić information content (AvgIpc) is 2.78. The minimum Gasteiger partial charge on any atom is -0.496 e. The van der Waals surface area contributed by atoms with Crippen LogP contribution in [0, 0.1) is 5.82 Å². The second kappa shape index (κ2) is 9.87. The molecule has 0 radical (unpaired) electrons. The summed E-state index contributed by atoms with van der Waals surface area (Å²) in [6.45, 7) is 0.540. The number of likely N-dealkylation sites (tertiary alicyclic amines) is 1. The number of ether oxygens (including phenoxy) is 4. The summed E-state index contributed by atoms with van der Waals surface area (Å²) < 4.78 is 36.3. The second-order valence-corrected chi connectivity index (χ2v) is 7.34. The number of halogens is 1. The van der Waals surface area contributed by atoms with Crippen LogP contribution in [0.25, 0.3) is 0 Å². The molecule has 1 fully saturated rings. The second-order valence-electron chi connectivity index (χ2n) is 7.34. The zero-order valence-electron chi connectivity index (χ0n) is 18.2. The molecule has 0 spiro atoms. The Morgan fingerprint density at radius 1 is 1.00 bits per heavy atom. The standard InChI is InChI=1S/C23H28FNO6/c1-28-18-9-8-15(24)13-16(18)21(25-10-6-5-7-17(25)23(26)27)14-11-19(29-2)22(31-4)20(12-14)30-3/h8-9,11-13,17,21H,5-7,10H2,1-4H3,(H,26,27). The molecule has 2 aromatic rings. The maximum absolute atomic E-state index is 14.3. The molecule has 1 saturated heterocycles. The normalized spacial score (nSPS) is 17.6. The summed E-state index contributed by atoms with van der Waals surface area (Å²) in [5, 5.41) is 9.90. The van der Waals surface area contributed by atoms with Gasteiger partial charge in [-0.05, 0) is 55.3 Å². The summed E-state index contributed by atoms with van der Waals surface area (Å²) in [6, 6.07) is 6.48. The molecule has 8 heteroatoms. The van der Waals surface area contributed by atoms with Gasteiger partial charge in [0.15, 0.2) is 11.5 Å². The van der Waals surface area contributed by atoms with Crippen LogP contribution in [0.2, 0.25) is 0 Å². The van der Waals surface area contributed by atoms with Crippen molar-refractivity contribution in [2.75, 3.05) is 35.0 Å². The Morgan fingerprint density at radius 2 is 1.65 bits per heavy atom. The molecular weight excluding hydrogens is 405 g/mol. The molecule has 1 aliphatic heterocycles. The number of aliphatic carboxylic acids is 1. The van der Waals surface area contributed by atoms with Crippen molar-refractivity contribution in [3.63, 3.8) is 0 Å². The lowest BCUT2D eigenvalue weighted by molar-refractivity contribution is -0.145. The van der Waals surface area contributed by atoms with Gasteiger partial charge in [-0.15, -0.1) is 0 Å². The molecule has 2 unspecified atom stereocenters. The van der Waals surface area contributed by atoms with Crippen molar-refractivity contribution in [1.29, 1.82) is 0 Å². The Hall–Kier alpha value is -3.00. The van der Waals surface area contributed by atoms with E-state index in [0.717, 1.165) is 12.8 Å². The van der Waals surface area contributed by atoms with Crippen LogP contribution in [0.5, 0.6) is 23.0 Å². The van der Waals surface area contributed by atoms with E-state index < -0.39 is 23.9 Å². The number of carboxylic acids is 1. The van der Waals surface area contributed by atoms with Gasteiger partial charge in [-0.2, -0.15) is 0 Å². The number of methoxy groups -OCH3 is 4. The molecule has 0 saturated carbocycles. The fourth-order valence-electron chi connectivity index (χ4n) is 4.26. The van der Waals surface area contributed by atoms with Crippen molar-refractivity contribution in [3.05, 3.63) is 47.3 Å². The van der Waals surface area contributed by atoms with Crippen molar-refractivity contribution in [2.24, 2.45) is 0 Å². The van der Waals surface area contributed by atoms with Crippen LogP contribution in [0.1, 0.15) is 36.4 Å². The number of rotatable bonds is 8. The van der Waals surface area contributed by atoms with Crippen molar-refractivity contribution >= 4 is 5.97 Å². The van der Waals surface area contributed by atoms with Crippen LogP contribution in [0.15, 0.2) is 30.3 Å². The van der Waals surface area contributed by atoms with Gasteiger partial charge in [0.25, 0.3) is 0 Å². The van der Waals surface area contributed by atoms with Gasteiger partial charge >= 0.3 is 5.97 Å². The Labute approximate surface area is 181 Å². The van der Waals surface area contributed by atoms with Gasteiger partial charge < -0.3 is 24.1 Å². The molecule has 0 amide bonds. The molecular formula is C23H28FNO6. The Kier molecular flexibility index (Phi) is 7.22. The lowest BCUT2D eigenvalue weighted by Crippen LogP contribution is -2.47. The first kappa shape index (κ1) is 22.7. The van der Waals surface area contributed by atoms with E-state index in [9.17, 15) is 14.3 Å². The quantitative estimate of drug-likeness (QED) is 0.677. The molecule has 1 N–H and O–H groups in total. The monoisotopic (exact) mass is 433 g/mol. The van der Waals surface area contributed by atoms with Crippen LogP contribution >= 0.6 is 0 Å². The Bertz CT molecular complexity index is 909. The molecule has 168 valence electrons. The van der Waals surface area contributed by atoms with Crippen molar-refractivity contribution in [2.45, 2.75) is 31.3 Å². The molecule has 0 aromatic heterocycles. The average molecular weight is 433 g/mol. The molecule has 7 nitrogen and oxygen atoms in total. The van der Waals surface area contributed by atoms with Crippen LogP contribution in [-0.2, 0) is 4.79 Å². The minimum absolute atomic E-state index is 0.423. The third-order valence-electron chi connectivity index (χ3n) is 5.65. The van der Waals surface area contributed by atoms with Crippen molar-refractivity contribution in [1.82, 2.24) is 4.90 Å². The van der Waals surface area contributed by atoms with Crippen LogP contribution < -0.4 is 18.9 Å². The summed E-state index contributed by atoms with van der Waals surface area (Å²) in [5.74, 6) is 0.411. The third kappa shape index (κ3) is 4.54. The smallest absolute Gasteiger partial charge is 0.320 e. The van der Waals surface area contributed by atoms with E-state index in [2.05, 4.69) is 0 Å². The lowest BCUT2D eigenvalue weighted by atomic mass is 9.90. The first-order chi connectivity index (χ1) is 14.9. The fraction of sp³-hybridized carbons (Fsp3) is 0.435. The third-order valence-corrected chi connectivity index (χ3v) is 5.65. The summed E-state index contributed by atoms with van der Waals surface area (Å²) >= 11 is 0. The highest BCUT2D eigenvalue weighted by atomic mass is 19.1. The maximum atomic E-state index is 14.3. The zero-order valence-corrected chi connectivity index (χ0v) is 18.2. The first-order valence-electron chi connectivity index (χ1n) is 10.1. The van der Waals surface area contributed by atoms with E-state index in [-0.39, 0.29) is 0 Å². The molecule has 2 aromatic carbocycles. The Morgan fingerprint density at radius 3 is 2.19 bits per heavy atom. The zero-order chi connectivity index (χ0) is 22.5. The fourth-order valence-corrected chi connectivity index (χ4v) is 4.26. The highest BCUT2D eigenvalue weighted by Crippen LogP contribution is 2.45. The van der Waals surface area contributed by atoms with E-state index in [1.165, 1.54) is 40.6 Å². The van der Waals surface area contributed by atoms with Gasteiger partial charge in [-0.1, -0.05) is 6.42 Å². The van der Waals surface area contributed by atoms with E-state index in [1.54, 1.807) is 18.2 Å². The highest BCUT2D eigenvalue weighted by molar-refractivity contribution is 5.74. The van der Waals surface area contributed by atoms with Gasteiger partial charge in [0.2, 0.25) is 5.75 Å². The number of nitrogens with zero attached hydrogens (tertiary/aromatic N) is 1. The van der Waals surface area contributed by atoms with Gasteiger partial charge in [-0.3, -0.25) is 9.69 Å². The predicted octanol–water partition coefficient (Wildman–Crippen LogP) is 3.89. The van der Waals surface area contributed by atoms with E-state index >= 15 is 0 Å². The molecule has 0 bridgehead atoms. The number of carbonyl (C=O) groups is 1. The topological polar surface area (TPSA) is 77.5 Å². The SMILES string of the molecule is COc1ccc(F)cc1C(c1cc(OC)c(OC)c(OC)c1)N1CCCCC1C(=O)O. The van der Waals surface area contributed by atoms with E-state index in [4.69, 9.17) is 18.9 Å². The Balaban J connectivity index is 2.27. The number of benzene rings is 2. The highest BCUT2D eigenvalue weighted by Gasteiger charge is 2.37. The lowest BCUT2D eigenvalue weighted by Gasteiger charge is -2.40. The summed E-state index contributed by atoms with van der Waals surface area (Å²) in [6.07, 6.45) is 2.16. The first-order valence-corrected chi connectivity index (χ1v) is 10.1. The number of hydrogen-bond donors (Lipinski definition) is 1. The molecule has 1 heterocycles. The summed E-state index contributed by atoms with van der Waals surface area (Å²) in [5.41, 5.74) is 1.22. The molecule has 0 aliphatic carbocycles. The molecule has 31 heavy (non-hydrogen) atoms. The van der Waals surface area contributed by atoms with Crippen LogP contribution in [0.3, 0.4) is 0 Å². The molecule has 2 atom stereocenters. The van der Waals surface area contributed by atoms with Crippen LogP contribution in [-0.4, -0.2) is 57.0 Å².